The van der Waals surface area contributed by atoms with E-state index >= 15 is 0 Å². The Morgan fingerprint density at radius 3 is 2.87 bits per heavy atom. The SMILES string of the molecule is c1ccc2c(CN[C@H]3CO[C@H]4[C@@H]3OC[C@@H]4n3cc(CC4CCCCC4)nn3)c[nH]c2c1. The van der Waals surface area contributed by atoms with E-state index < -0.39 is 0 Å². The van der Waals surface area contributed by atoms with Crippen molar-refractivity contribution < 1.29 is 9.47 Å². The second-order valence-corrected chi connectivity index (χ2v) is 9.41. The Morgan fingerprint density at radius 2 is 1.94 bits per heavy atom. The van der Waals surface area contributed by atoms with E-state index in [0.717, 1.165) is 24.6 Å². The highest BCUT2D eigenvalue weighted by molar-refractivity contribution is 5.82. The van der Waals surface area contributed by atoms with Crippen LogP contribution in [0.25, 0.3) is 10.9 Å². The topological polar surface area (TPSA) is 77.0 Å². The Kier molecular flexibility index (Phi) is 5.26. The summed E-state index contributed by atoms with van der Waals surface area (Å²) in [5.41, 5.74) is 3.56. The van der Waals surface area contributed by atoms with E-state index in [1.54, 1.807) is 0 Å². The standard InChI is InChI=1S/C24H31N5O2/c1-2-6-16(7-3-1)10-18-13-29(28-27-18)22-15-31-23-21(14-30-24(22)23)26-12-17-11-25-20-9-5-4-8-19(17)20/h4-5,8-9,11,13,16,21-26H,1-3,6-7,10,12,14-15H2/t21-,22-,23+,24+/m0/s1. The van der Waals surface area contributed by atoms with Gasteiger partial charge in [0.1, 0.15) is 18.2 Å². The molecule has 2 N–H and O–H groups in total. The van der Waals surface area contributed by atoms with Crippen LogP contribution < -0.4 is 5.32 Å². The summed E-state index contributed by atoms with van der Waals surface area (Å²) >= 11 is 0. The summed E-state index contributed by atoms with van der Waals surface area (Å²) in [6.45, 7) is 2.09. The molecule has 6 rings (SSSR count). The molecule has 0 radical (unpaired) electrons. The number of nitrogens with one attached hydrogen (secondary N) is 2. The molecule has 3 fully saturated rings. The van der Waals surface area contributed by atoms with E-state index in [4.69, 9.17) is 9.47 Å². The van der Waals surface area contributed by atoms with Gasteiger partial charge in [0.05, 0.1) is 24.9 Å². The fraction of sp³-hybridized carbons (Fsp3) is 0.583. The normalized spacial score (nSPS) is 29.0. The first-order valence-corrected chi connectivity index (χ1v) is 11.8. The number of aromatic amines is 1. The lowest BCUT2D eigenvalue weighted by atomic mass is 9.86. The largest absolute Gasteiger partial charge is 0.371 e. The van der Waals surface area contributed by atoms with Crippen molar-refractivity contribution in [2.45, 2.75) is 69.4 Å². The van der Waals surface area contributed by atoms with Gasteiger partial charge in [0.25, 0.3) is 0 Å². The number of nitrogens with zero attached hydrogens (tertiary/aromatic N) is 3. The van der Waals surface area contributed by atoms with Crippen molar-refractivity contribution in [3.63, 3.8) is 0 Å². The van der Waals surface area contributed by atoms with Crippen molar-refractivity contribution in [1.29, 1.82) is 0 Å². The van der Waals surface area contributed by atoms with E-state index in [2.05, 4.69) is 57.3 Å². The average molecular weight is 422 g/mol. The zero-order valence-electron chi connectivity index (χ0n) is 17.9. The second kappa shape index (κ2) is 8.37. The monoisotopic (exact) mass is 421 g/mol. The molecule has 0 bridgehead atoms. The fourth-order valence-corrected chi connectivity index (χ4v) is 5.66. The van der Waals surface area contributed by atoms with Crippen LogP contribution in [-0.4, -0.2) is 51.4 Å². The molecule has 0 spiro atoms. The third-order valence-electron chi connectivity index (χ3n) is 7.38. The molecule has 0 unspecified atom stereocenters. The van der Waals surface area contributed by atoms with Crippen LogP contribution in [-0.2, 0) is 22.4 Å². The number of benzene rings is 1. The van der Waals surface area contributed by atoms with Crippen molar-refractivity contribution in [3.05, 3.63) is 47.9 Å². The molecule has 7 heteroatoms. The molecule has 3 aromatic rings. The van der Waals surface area contributed by atoms with E-state index in [1.165, 1.54) is 48.6 Å². The number of ether oxygens (including phenoxy) is 2. The highest BCUT2D eigenvalue weighted by Gasteiger charge is 2.48. The summed E-state index contributed by atoms with van der Waals surface area (Å²) in [5, 5.41) is 13.9. The molecular weight excluding hydrogens is 390 g/mol. The highest BCUT2D eigenvalue weighted by Crippen LogP contribution is 2.34. The molecule has 31 heavy (non-hydrogen) atoms. The quantitative estimate of drug-likeness (QED) is 0.638. The molecule has 1 aromatic carbocycles. The summed E-state index contributed by atoms with van der Waals surface area (Å²) in [5.74, 6) is 0.771. The third kappa shape index (κ3) is 3.79. The lowest BCUT2D eigenvalue weighted by Crippen LogP contribution is -2.40. The minimum Gasteiger partial charge on any atom is -0.371 e. The first-order chi connectivity index (χ1) is 15.3. The lowest BCUT2D eigenvalue weighted by Gasteiger charge is -2.20. The molecule has 0 amide bonds. The summed E-state index contributed by atoms with van der Waals surface area (Å²) < 4.78 is 14.4. The van der Waals surface area contributed by atoms with E-state index in [0.29, 0.717) is 13.2 Å². The molecular formula is C24H31N5O2. The predicted octanol–water partition coefficient (Wildman–Crippen LogP) is 3.38. The molecule has 4 heterocycles. The number of para-hydroxylation sites is 1. The van der Waals surface area contributed by atoms with E-state index in [9.17, 15) is 0 Å². The molecule has 164 valence electrons. The number of H-pyrrole nitrogens is 1. The Morgan fingerprint density at radius 1 is 1.06 bits per heavy atom. The van der Waals surface area contributed by atoms with Gasteiger partial charge in [-0.1, -0.05) is 55.5 Å². The molecule has 4 atom stereocenters. The van der Waals surface area contributed by atoms with Gasteiger partial charge < -0.3 is 19.8 Å². The van der Waals surface area contributed by atoms with Crippen LogP contribution in [0.5, 0.6) is 0 Å². The van der Waals surface area contributed by atoms with Crippen LogP contribution in [0.3, 0.4) is 0 Å². The van der Waals surface area contributed by atoms with Crippen LogP contribution in [0.1, 0.15) is 49.4 Å². The van der Waals surface area contributed by atoms with Gasteiger partial charge >= 0.3 is 0 Å². The molecule has 7 nitrogen and oxygen atoms in total. The number of fused-ring (bicyclic) bond motifs is 2. The first kappa shape index (κ1) is 19.5. The predicted molar refractivity (Wildman–Crippen MR) is 118 cm³/mol. The van der Waals surface area contributed by atoms with Crippen molar-refractivity contribution in [2.75, 3.05) is 13.2 Å². The Hall–Kier alpha value is -2.22. The van der Waals surface area contributed by atoms with Crippen molar-refractivity contribution in [3.8, 4) is 0 Å². The molecule has 2 saturated heterocycles. The van der Waals surface area contributed by atoms with E-state index in [1.807, 2.05) is 4.68 Å². The summed E-state index contributed by atoms with van der Waals surface area (Å²) in [7, 11) is 0. The van der Waals surface area contributed by atoms with Crippen LogP contribution in [0.2, 0.25) is 0 Å². The van der Waals surface area contributed by atoms with Crippen molar-refractivity contribution >= 4 is 10.9 Å². The number of hydrogen-bond acceptors (Lipinski definition) is 5. The molecule has 2 aliphatic heterocycles. The number of rotatable bonds is 6. The second-order valence-electron chi connectivity index (χ2n) is 9.41. The van der Waals surface area contributed by atoms with Gasteiger partial charge in [-0.15, -0.1) is 5.10 Å². The van der Waals surface area contributed by atoms with Gasteiger partial charge in [-0.25, -0.2) is 4.68 Å². The number of aromatic nitrogens is 4. The highest BCUT2D eigenvalue weighted by atomic mass is 16.6. The van der Waals surface area contributed by atoms with Gasteiger partial charge in [-0.3, -0.25) is 0 Å². The van der Waals surface area contributed by atoms with Crippen molar-refractivity contribution in [2.24, 2.45) is 5.92 Å². The summed E-state index contributed by atoms with van der Waals surface area (Å²) in [4.78, 5) is 3.35. The molecule has 1 aliphatic carbocycles. The molecule has 3 aliphatic rings. The van der Waals surface area contributed by atoms with Gasteiger partial charge in [0, 0.05) is 29.8 Å². The maximum absolute atomic E-state index is 6.19. The van der Waals surface area contributed by atoms with Crippen LogP contribution in [0.15, 0.2) is 36.7 Å². The Balaban J connectivity index is 1.08. The van der Waals surface area contributed by atoms with Crippen LogP contribution in [0, 0.1) is 5.92 Å². The minimum atomic E-state index is 0.0321. The van der Waals surface area contributed by atoms with Crippen molar-refractivity contribution in [1.82, 2.24) is 25.3 Å². The average Bonchev–Trinajstić information content (AvgIpc) is 3.58. The van der Waals surface area contributed by atoms with Gasteiger partial charge in [0.2, 0.25) is 0 Å². The Bertz CT molecular complexity index is 1020. The maximum atomic E-state index is 6.19. The zero-order valence-corrected chi connectivity index (χ0v) is 17.9. The van der Waals surface area contributed by atoms with E-state index in [-0.39, 0.29) is 24.3 Å². The van der Waals surface area contributed by atoms with Crippen LogP contribution in [0.4, 0.5) is 0 Å². The molecule has 1 saturated carbocycles. The summed E-state index contributed by atoms with van der Waals surface area (Å²) in [6.07, 6.45) is 12.1. The maximum Gasteiger partial charge on any atom is 0.110 e. The smallest absolute Gasteiger partial charge is 0.110 e. The fourth-order valence-electron chi connectivity index (χ4n) is 5.66. The summed E-state index contributed by atoms with van der Waals surface area (Å²) in [6, 6.07) is 8.71. The van der Waals surface area contributed by atoms with Gasteiger partial charge in [0.15, 0.2) is 0 Å². The molecule has 2 aromatic heterocycles. The zero-order chi connectivity index (χ0) is 20.6. The number of hydrogen-bond donors (Lipinski definition) is 2. The lowest BCUT2D eigenvalue weighted by molar-refractivity contribution is 0.0620. The first-order valence-electron chi connectivity index (χ1n) is 11.8. The third-order valence-corrected chi connectivity index (χ3v) is 7.38. The Labute approximate surface area is 182 Å². The van der Waals surface area contributed by atoms with Crippen LogP contribution >= 0.6 is 0 Å². The minimum absolute atomic E-state index is 0.0321. The van der Waals surface area contributed by atoms with Gasteiger partial charge in [-0.05, 0) is 24.0 Å². The van der Waals surface area contributed by atoms with Gasteiger partial charge in [-0.2, -0.15) is 0 Å².